The van der Waals surface area contributed by atoms with Crippen molar-refractivity contribution >= 4 is 125 Å². The van der Waals surface area contributed by atoms with E-state index in [2.05, 4.69) is 319 Å². The summed E-state index contributed by atoms with van der Waals surface area (Å²) in [6, 6.07) is 51.7. The second kappa shape index (κ2) is 24.1. The molecule has 4 aliphatic carbocycles. The molecule has 0 radical (unpaired) electrons. The average molecular weight is 1490 g/mol. The number of nitrogens with zero attached hydrogens (tertiary/aromatic N) is 4. The molecule has 10 aromatic rings. The Morgan fingerprint density at radius 3 is 1.43 bits per heavy atom. The van der Waals surface area contributed by atoms with Crippen molar-refractivity contribution < 1.29 is 8.83 Å². The Morgan fingerprint density at radius 2 is 0.862 bits per heavy atom. The van der Waals surface area contributed by atoms with Crippen LogP contribution in [0.2, 0.25) is 10.0 Å². The van der Waals surface area contributed by atoms with E-state index in [-0.39, 0.29) is 71.9 Å². The molecule has 8 aliphatic rings. The van der Waals surface area contributed by atoms with Crippen LogP contribution in [-0.4, -0.2) is 17.8 Å². The minimum Gasteiger partial charge on any atom is -0.468 e. The molecule has 109 heavy (non-hydrogen) atoms. The van der Waals surface area contributed by atoms with Crippen LogP contribution in [0.1, 0.15) is 299 Å². The van der Waals surface area contributed by atoms with Crippen molar-refractivity contribution in [2.24, 2.45) is 0 Å². The van der Waals surface area contributed by atoms with Crippen LogP contribution in [0.5, 0.6) is 0 Å². The Bertz CT molecular complexity index is 5410. The van der Waals surface area contributed by atoms with Gasteiger partial charge in [-0.15, -0.1) is 0 Å². The molecule has 0 bridgehead atoms. The molecule has 0 N–H and O–H groups in total. The Labute approximate surface area is 663 Å². The molecule has 0 spiro atoms. The van der Waals surface area contributed by atoms with E-state index in [1.807, 2.05) is 6.26 Å². The smallest absolute Gasteiger partial charge is 0.297 e. The molecular formula is C100H119BCl2N4O2. The molecule has 18 rings (SSSR count). The Kier molecular flexibility index (Phi) is 16.5. The number of benzene rings is 8. The summed E-state index contributed by atoms with van der Waals surface area (Å²) < 4.78 is 14.0. The highest BCUT2D eigenvalue weighted by Crippen LogP contribution is 2.65. The maximum Gasteiger partial charge on any atom is 0.297 e. The van der Waals surface area contributed by atoms with Crippen LogP contribution >= 0.6 is 23.2 Å². The number of fused-ring (bicyclic) bond motifs is 15. The Balaban J connectivity index is 0.000000159. The first kappa shape index (κ1) is 74.4. The van der Waals surface area contributed by atoms with E-state index < -0.39 is 0 Å². The van der Waals surface area contributed by atoms with E-state index in [4.69, 9.17) is 32.0 Å². The topological polar surface area (TPSA) is 39.2 Å². The van der Waals surface area contributed by atoms with Gasteiger partial charge in [0, 0.05) is 77.1 Å². The van der Waals surface area contributed by atoms with Crippen molar-refractivity contribution in [1.29, 1.82) is 0 Å². The first-order chi connectivity index (χ1) is 50.8. The van der Waals surface area contributed by atoms with Gasteiger partial charge in [-0.1, -0.05) is 250 Å². The van der Waals surface area contributed by atoms with E-state index in [1.54, 1.807) is 0 Å². The molecule has 4 unspecified atom stereocenters. The molecule has 8 aromatic carbocycles. The van der Waals surface area contributed by atoms with E-state index in [1.165, 1.54) is 158 Å². The number of hydrogen-bond acceptors (Lipinski definition) is 6. The van der Waals surface area contributed by atoms with Crippen LogP contribution in [0.3, 0.4) is 0 Å². The predicted molar refractivity (Wildman–Crippen MR) is 467 cm³/mol. The van der Waals surface area contributed by atoms with Crippen LogP contribution in [0, 0.1) is 0 Å². The van der Waals surface area contributed by atoms with E-state index in [9.17, 15) is 0 Å². The number of halogens is 2. The minimum atomic E-state index is -0.0922. The van der Waals surface area contributed by atoms with Gasteiger partial charge in [-0.05, 0) is 260 Å². The lowest BCUT2D eigenvalue weighted by Crippen LogP contribution is -2.64. The number of anilines is 10. The van der Waals surface area contributed by atoms with Crippen molar-refractivity contribution in [2.45, 2.75) is 308 Å². The largest absolute Gasteiger partial charge is 0.468 e. The lowest BCUT2D eigenvalue weighted by molar-refractivity contribution is 0.195. The van der Waals surface area contributed by atoms with E-state index in [0.29, 0.717) is 0 Å². The molecule has 2 saturated carbocycles. The molecule has 2 aromatic heterocycles. The molecule has 4 aliphatic heterocycles. The van der Waals surface area contributed by atoms with Crippen molar-refractivity contribution in [2.75, 3.05) is 19.6 Å². The van der Waals surface area contributed by atoms with Crippen LogP contribution in [-0.2, 0) is 54.1 Å². The fourth-order valence-corrected chi connectivity index (χ4v) is 22.3. The number of furan rings is 2. The zero-order valence-electron chi connectivity index (χ0n) is 70.2. The molecule has 0 saturated heterocycles. The molecule has 9 heteroatoms. The van der Waals surface area contributed by atoms with Crippen molar-refractivity contribution in [3.63, 3.8) is 0 Å². The summed E-state index contributed by atoms with van der Waals surface area (Å²) in [4.78, 5) is 10.3. The Morgan fingerprint density at radius 1 is 0.385 bits per heavy atom. The van der Waals surface area contributed by atoms with Crippen molar-refractivity contribution in [3.05, 3.63) is 205 Å². The highest BCUT2D eigenvalue weighted by molar-refractivity contribution is 7.00. The maximum atomic E-state index is 7.48. The van der Waals surface area contributed by atoms with Crippen molar-refractivity contribution in [3.8, 4) is 0 Å². The number of hydrogen-bond donors (Lipinski definition) is 0. The highest BCUT2D eigenvalue weighted by atomic mass is 35.5. The summed E-state index contributed by atoms with van der Waals surface area (Å²) >= 11 is 14.7. The molecule has 0 amide bonds. The van der Waals surface area contributed by atoms with Gasteiger partial charge < -0.3 is 28.4 Å². The zero-order chi connectivity index (χ0) is 77.8. The van der Waals surface area contributed by atoms with Crippen LogP contribution in [0.4, 0.5) is 56.9 Å². The fraction of sp³-hybridized carbons (Fsp3) is 0.480. The maximum absolute atomic E-state index is 7.48. The second-order valence-corrected chi connectivity index (χ2v) is 43.3. The SMILES string of the molecule is CC(C)(C)c1ccc(N(c2cc(Cl)cc(N3c4ccc(C(C)(C)C)cc4C4(C)CCCCC34C)c2)c2coc3cc4c(cc23)C(C)(C)CCC4(C)C)cc1.CC(C)(C)c1ccc(N2c3cc(Cl)cc4c3B(c3cc(C(C)(C)C)cc5c3N4C3(C)CCCCC53C)c3oc4cc5c(cc4c32)C(C)(C)CCC5(C)C)cc1. The normalized spacial score (nSPS) is 23.8. The number of rotatable bonds is 5. The van der Waals surface area contributed by atoms with Gasteiger partial charge in [-0.2, -0.15) is 0 Å². The van der Waals surface area contributed by atoms with Gasteiger partial charge >= 0.3 is 0 Å². The second-order valence-electron chi connectivity index (χ2n) is 42.5. The molecular weight excluding hydrogens is 1370 g/mol. The Hall–Kier alpha value is -7.32. The molecule has 568 valence electrons. The van der Waals surface area contributed by atoms with Crippen LogP contribution < -0.4 is 36.2 Å². The molecule has 6 heterocycles. The predicted octanol–water partition coefficient (Wildman–Crippen LogP) is 27.6. The van der Waals surface area contributed by atoms with Gasteiger partial charge in [0.25, 0.3) is 6.71 Å². The van der Waals surface area contributed by atoms with Crippen LogP contribution in [0.25, 0.3) is 21.9 Å². The lowest BCUT2D eigenvalue weighted by atomic mass is 9.35. The lowest BCUT2D eigenvalue weighted by Gasteiger charge is -2.52. The fourth-order valence-electron chi connectivity index (χ4n) is 21.9. The monoisotopic (exact) mass is 1490 g/mol. The summed E-state index contributed by atoms with van der Waals surface area (Å²) in [5, 5.41) is 3.84. The standard InChI is InChI=1S/C50H58BClN2O.C50H61ClN2O/c1-45(2,3)29-15-17-32(18-16-29)53-38-25-31(52)26-39-41(38)51(44-42(53)33-27-34-35(28-40(33)55-44)48(9,10)22-21-47(34,7)8)37-24-30(46(4,5)6)23-36-43(37)54(39)50(12)20-14-13-19-49(36,50)11;1-45(2,3)32-15-18-35(19-16-32)52(43-31-54-44-30-40-39(29-38(43)44)47(7,8)23-24-48(40,9)10)36-26-34(51)27-37(28-36)53-42-20-17-33(46(4,5)6)25-41(42)49(11)21-13-14-22-50(49,53)12/h15-18,23-28H,13-14,19-22H2,1-12H3;15-20,25-31H,13-14,21-24H2,1-12H3. The molecule has 2 fully saturated rings. The summed E-state index contributed by atoms with van der Waals surface area (Å²) in [6.45, 7) is 57.2. The quantitative estimate of drug-likeness (QED) is 0.160. The third-order valence-corrected chi connectivity index (χ3v) is 30.0. The molecule has 6 nitrogen and oxygen atoms in total. The van der Waals surface area contributed by atoms with E-state index >= 15 is 0 Å². The van der Waals surface area contributed by atoms with Crippen LogP contribution in [0.15, 0.2) is 149 Å². The summed E-state index contributed by atoms with van der Waals surface area (Å²) in [5.41, 5.74) is 31.9. The van der Waals surface area contributed by atoms with E-state index in [0.717, 1.165) is 80.0 Å². The zero-order valence-corrected chi connectivity index (χ0v) is 71.7. The summed E-state index contributed by atoms with van der Waals surface area (Å²) in [6.07, 6.45) is 16.2. The average Bonchev–Trinajstić information content (AvgIpc) is 1.52. The third kappa shape index (κ3) is 11.1. The van der Waals surface area contributed by atoms with Crippen molar-refractivity contribution in [1.82, 2.24) is 0 Å². The van der Waals surface area contributed by atoms with Gasteiger partial charge in [0.1, 0.15) is 17.4 Å². The minimum absolute atomic E-state index is 0.00802. The molecule has 4 atom stereocenters. The third-order valence-electron chi connectivity index (χ3n) is 29.5. The van der Waals surface area contributed by atoms with Gasteiger partial charge in [-0.25, -0.2) is 0 Å². The van der Waals surface area contributed by atoms with Gasteiger partial charge in [0.15, 0.2) is 0 Å². The summed E-state index contributed by atoms with van der Waals surface area (Å²) in [5.74, 6) is 0. The highest BCUT2D eigenvalue weighted by Gasteiger charge is 2.63. The first-order valence-electron chi connectivity index (χ1n) is 41.4. The van der Waals surface area contributed by atoms with Gasteiger partial charge in [0.2, 0.25) is 0 Å². The van der Waals surface area contributed by atoms with Gasteiger partial charge in [0.05, 0.1) is 28.1 Å². The van der Waals surface area contributed by atoms with Gasteiger partial charge in [-0.3, -0.25) is 0 Å². The summed E-state index contributed by atoms with van der Waals surface area (Å²) in [7, 11) is 0. The first-order valence-corrected chi connectivity index (χ1v) is 42.1.